The number of nitrogens with one attached hydrogen (secondary N) is 2. The number of ether oxygens (including phenoxy) is 1. The molecule has 0 saturated carbocycles. The number of guanidine groups is 1. The first kappa shape index (κ1) is 19.2. The molecule has 6 nitrogen and oxygen atoms in total. The van der Waals surface area contributed by atoms with E-state index in [0.29, 0.717) is 18.9 Å². The van der Waals surface area contributed by atoms with E-state index in [9.17, 15) is 4.79 Å². The van der Waals surface area contributed by atoms with Gasteiger partial charge in [0.15, 0.2) is 5.96 Å². The number of aliphatic imine (C=N–C) groups is 1. The van der Waals surface area contributed by atoms with Crippen LogP contribution in [0.25, 0.3) is 0 Å². The van der Waals surface area contributed by atoms with E-state index < -0.39 is 0 Å². The minimum atomic E-state index is 0.252. The lowest BCUT2D eigenvalue weighted by molar-refractivity contribution is -0.127. The molecule has 138 valence electrons. The third-order valence-corrected chi connectivity index (χ3v) is 4.33. The average molecular weight is 346 g/mol. The molecule has 1 unspecified atom stereocenters. The summed E-state index contributed by atoms with van der Waals surface area (Å²) in [7, 11) is 1.75. The van der Waals surface area contributed by atoms with E-state index in [2.05, 4.69) is 27.8 Å². The van der Waals surface area contributed by atoms with Gasteiger partial charge in [0.1, 0.15) is 0 Å². The van der Waals surface area contributed by atoms with Gasteiger partial charge in [-0.25, -0.2) is 0 Å². The molecule has 1 amide bonds. The molecule has 1 heterocycles. The molecule has 6 heteroatoms. The van der Waals surface area contributed by atoms with E-state index in [1.807, 2.05) is 30.0 Å². The van der Waals surface area contributed by atoms with Crippen molar-refractivity contribution < 1.29 is 9.53 Å². The number of hydrogen-bond donors (Lipinski definition) is 2. The number of likely N-dealkylation sites (tertiary alicyclic amines) is 1. The van der Waals surface area contributed by atoms with Gasteiger partial charge < -0.3 is 20.3 Å². The summed E-state index contributed by atoms with van der Waals surface area (Å²) in [4.78, 5) is 18.4. The first-order chi connectivity index (χ1) is 12.2. The van der Waals surface area contributed by atoms with Crippen LogP contribution in [-0.4, -0.2) is 63.2 Å². The zero-order valence-electron chi connectivity index (χ0n) is 15.3. The SMILES string of the molecule is CCOCCNC(=NC)NCC1CC(=O)N(CCc2ccccc2)C1. The smallest absolute Gasteiger partial charge is 0.223 e. The average Bonchev–Trinajstić information content (AvgIpc) is 3.00. The Labute approximate surface area is 150 Å². The first-order valence-corrected chi connectivity index (χ1v) is 9.07. The van der Waals surface area contributed by atoms with Gasteiger partial charge in [0.25, 0.3) is 0 Å². The molecule has 1 aromatic rings. The van der Waals surface area contributed by atoms with Crippen molar-refractivity contribution >= 4 is 11.9 Å². The Morgan fingerprint density at radius 3 is 2.84 bits per heavy atom. The van der Waals surface area contributed by atoms with E-state index in [1.165, 1.54) is 5.56 Å². The maximum atomic E-state index is 12.2. The summed E-state index contributed by atoms with van der Waals surface area (Å²) in [5.74, 6) is 1.34. The van der Waals surface area contributed by atoms with Gasteiger partial charge in [-0.05, 0) is 18.9 Å². The van der Waals surface area contributed by atoms with Gasteiger partial charge in [-0.1, -0.05) is 30.3 Å². The zero-order chi connectivity index (χ0) is 17.9. The van der Waals surface area contributed by atoms with Crippen LogP contribution in [0.2, 0.25) is 0 Å². The van der Waals surface area contributed by atoms with Gasteiger partial charge in [-0.3, -0.25) is 9.79 Å². The summed E-state index contributed by atoms with van der Waals surface area (Å²) in [5, 5.41) is 6.52. The quantitative estimate of drug-likeness (QED) is 0.402. The molecular weight excluding hydrogens is 316 g/mol. The Hall–Kier alpha value is -2.08. The van der Waals surface area contributed by atoms with Crippen LogP contribution in [0, 0.1) is 5.92 Å². The molecule has 25 heavy (non-hydrogen) atoms. The molecule has 0 radical (unpaired) electrons. The predicted octanol–water partition coefficient (Wildman–Crippen LogP) is 1.28. The van der Waals surface area contributed by atoms with Crippen molar-refractivity contribution in [2.45, 2.75) is 19.8 Å². The second-order valence-corrected chi connectivity index (χ2v) is 6.22. The van der Waals surface area contributed by atoms with Gasteiger partial charge in [-0.15, -0.1) is 0 Å². The number of amides is 1. The third-order valence-electron chi connectivity index (χ3n) is 4.33. The lowest BCUT2D eigenvalue weighted by Gasteiger charge is -2.18. The second-order valence-electron chi connectivity index (χ2n) is 6.22. The highest BCUT2D eigenvalue weighted by Gasteiger charge is 2.29. The van der Waals surface area contributed by atoms with E-state index in [1.54, 1.807) is 7.05 Å². The van der Waals surface area contributed by atoms with Crippen molar-refractivity contribution in [2.24, 2.45) is 10.9 Å². The maximum absolute atomic E-state index is 12.2. The molecule has 2 rings (SSSR count). The van der Waals surface area contributed by atoms with Crippen LogP contribution in [0.3, 0.4) is 0 Å². The van der Waals surface area contributed by atoms with E-state index in [0.717, 1.165) is 45.2 Å². The third kappa shape index (κ3) is 6.74. The van der Waals surface area contributed by atoms with Crippen LogP contribution in [0.5, 0.6) is 0 Å². The molecule has 1 aliphatic heterocycles. The lowest BCUT2D eigenvalue weighted by atomic mass is 10.1. The number of benzene rings is 1. The summed E-state index contributed by atoms with van der Waals surface area (Å²) in [5.41, 5.74) is 1.27. The highest BCUT2D eigenvalue weighted by molar-refractivity contribution is 5.80. The van der Waals surface area contributed by atoms with Crippen molar-refractivity contribution in [1.82, 2.24) is 15.5 Å². The minimum absolute atomic E-state index is 0.252. The Bertz CT molecular complexity index is 548. The molecule has 1 atom stereocenters. The molecule has 1 fully saturated rings. The van der Waals surface area contributed by atoms with Gasteiger partial charge in [-0.2, -0.15) is 0 Å². The van der Waals surface area contributed by atoms with Crippen LogP contribution in [0.4, 0.5) is 0 Å². The fraction of sp³-hybridized carbons (Fsp3) is 0.579. The number of hydrogen-bond acceptors (Lipinski definition) is 3. The molecule has 0 aromatic heterocycles. The summed E-state index contributed by atoms with van der Waals surface area (Å²) < 4.78 is 5.30. The van der Waals surface area contributed by atoms with Crippen molar-refractivity contribution in [3.63, 3.8) is 0 Å². The predicted molar refractivity (Wildman–Crippen MR) is 101 cm³/mol. The summed E-state index contributed by atoms with van der Waals surface area (Å²) >= 11 is 0. The largest absolute Gasteiger partial charge is 0.380 e. The van der Waals surface area contributed by atoms with E-state index in [-0.39, 0.29) is 5.91 Å². The number of nitrogens with zero attached hydrogens (tertiary/aromatic N) is 2. The lowest BCUT2D eigenvalue weighted by Crippen LogP contribution is -2.41. The van der Waals surface area contributed by atoms with E-state index >= 15 is 0 Å². The Morgan fingerprint density at radius 1 is 1.32 bits per heavy atom. The summed E-state index contributed by atoms with van der Waals surface area (Å²) in [6.45, 7) is 6.44. The van der Waals surface area contributed by atoms with Crippen molar-refractivity contribution in [2.75, 3.05) is 46.4 Å². The highest BCUT2D eigenvalue weighted by Crippen LogP contribution is 2.17. The molecule has 1 aliphatic rings. The van der Waals surface area contributed by atoms with Crippen molar-refractivity contribution in [3.8, 4) is 0 Å². The maximum Gasteiger partial charge on any atom is 0.223 e. The molecule has 0 aliphatic carbocycles. The number of rotatable bonds is 9. The van der Waals surface area contributed by atoms with Gasteiger partial charge in [0.2, 0.25) is 5.91 Å². The molecular formula is C19H30N4O2. The van der Waals surface area contributed by atoms with E-state index in [4.69, 9.17) is 4.74 Å². The highest BCUT2D eigenvalue weighted by atomic mass is 16.5. The van der Waals surface area contributed by atoms with Crippen LogP contribution >= 0.6 is 0 Å². The fourth-order valence-corrected chi connectivity index (χ4v) is 2.96. The van der Waals surface area contributed by atoms with Gasteiger partial charge in [0.05, 0.1) is 6.61 Å². The van der Waals surface area contributed by atoms with Crippen LogP contribution in [0.1, 0.15) is 18.9 Å². The van der Waals surface area contributed by atoms with Crippen molar-refractivity contribution in [1.29, 1.82) is 0 Å². The van der Waals surface area contributed by atoms with Crippen LogP contribution < -0.4 is 10.6 Å². The number of carbonyl (C=O) groups excluding carboxylic acids is 1. The summed E-state index contributed by atoms with van der Waals surface area (Å²) in [6.07, 6.45) is 1.52. The minimum Gasteiger partial charge on any atom is -0.380 e. The van der Waals surface area contributed by atoms with Crippen LogP contribution in [-0.2, 0) is 16.0 Å². The molecule has 0 spiro atoms. The standard InChI is InChI=1S/C19H30N4O2/c1-3-25-12-10-21-19(20-2)22-14-17-13-18(24)23(15-17)11-9-16-7-5-4-6-8-16/h4-8,17H,3,9-15H2,1-2H3,(H2,20,21,22). The Balaban J connectivity index is 1.68. The Morgan fingerprint density at radius 2 is 2.12 bits per heavy atom. The summed E-state index contributed by atoms with van der Waals surface area (Å²) in [6, 6.07) is 10.3. The van der Waals surface area contributed by atoms with Gasteiger partial charge in [0, 0.05) is 52.2 Å². The zero-order valence-corrected chi connectivity index (χ0v) is 15.3. The fourth-order valence-electron chi connectivity index (χ4n) is 2.96. The Kier molecular flexibility index (Phi) is 8.25. The van der Waals surface area contributed by atoms with Gasteiger partial charge >= 0.3 is 0 Å². The first-order valence-electron chi connectivity index (χ1n) is 9.07. The second kappa shape index (κ2) is 10.7. The molecule has 0 bridgehead atoms. The molecule has 1 aromatic carbocycles. The van der Waals surface area contributed by atoms with Crippen molar-refractivity contribution in [3.05, 3.63) is 35.9 Å². The number of carbonyl (C=O) groups is 1. The monoisotopic (exact) mass is 346 g/mol. The van der Waals surface area contributed by atoms with Crippen LogP contribution in [0.15, 0.2) is 35.3 Å². The topological polar surface area (TPSA) is 66.0 Å². The molecule has 1 saturated heterocycles. The normalized spacial score (nSPS) is 17.8. The molecule has 2 N–H and O–H groups in total.